The summed E-state index contributed by atoms with van der Waals surface area (Å²) in [7, 11) is 0. The van der Waals surface area contributed by atoms with Gasteiger partial charge in [-0.15, -0.1) is 0 Å². The Morgan fingerprint density at radius 2 is 2.05 bits per heavy atom. The van der Waals surface area contributed by atoms with E-state index < -0.39 is 5.97 Å². The van der Waals surface area contributed by atoms with Crippen molar-refractivity contribution in [1.29, 1.82) is 0 Å². The second kappa shape index (κ2) is 7.17. The van der Waals surface area contributed by atoms with Gasteiger partial charge < -0.3 is 10.0 Å². The topological polar surface area (TPSA) is 40.5 Å². The first-order valence-electron chi connectivity index (χ1n) is 7.78. The SMILES string of the molecule is CC(C)CCN(c1ccc(C(=O)O)c(Cl)c1)C1CCCC1. The van der Waals surface area contributed by atoms with Gasteiger partial charge in [0.2, 0.25) is 0 Å². The van der Waals surface area contributed by atoms with Crippen molar-refractivity contribution in [3.8, 4) is 0 Å². The molecule has 0 atom stereocenters. The average molecular weight is 310 g/mol. The van der Waals surface area contributed by atoms with Crippen LogP contribution in [0.4, 0.5) is 5.69 Å². The van der Waals surface area contributed by atoms with Crippen molar-refractivity contribution in [3.63, 3.8) is 0 Å². The van der Waals surface area contributed by atoms with Crippen LogP contribution in [0.15, 0.2) is 18.2 Å². The highest BCUT2D eigenvalue weighted by atomic mass is 35.5. The van der Waals surface area contributed by atoms with E-state index in [0.29, 0.717) is 17.0 Å². The standard InChI is InChI=1S/C17H24ClNO2/c1-12(2)9-10-19(13-5-3-4-6-13)14-7-8-15(17(20)21)16(18)11-14/h7-8,11-13H,3-6,9-10H2,1-2H3,(H,20,21). The number of nitrogens with zero attached hydrogens (tertiary/aromatic N) is 1. The van der Waals surface area contributed by atoms with Gasteiger partial charge in [0.05, 0.1) is 10.6 Å². The Morgan fingerprint density at radius 3 is 2.57 bits per heavy atom. The molecule has 4 heteroatoms. The molecular weight excluding hydrogens is 286 g/mol. The van der Waals surface area contributed by atoms with Crippen molar-refractivity contribution in [2.75, 3.05) is 11.4 Å². The maximum atomic E-state index is 11.1. The number of benzene rings is 1. The first kappa shape index (κ1) is 16.2. The molecule has 0 aliphatic heterocycles. The van der Waals surface area contributed by atoms with Crippen molar-refractivity contribution in [2.45, 2.75) is 52.0 Å². The van der Waals surface area contributed by atoms with Crippen LogP contribution in [0.2, 0.25) is 5.02 Å². The van der Waals surface area contributed by atoms with Crippen molar-refractivity contribution < 1.29 is 9.90 Å². The molecule has 1 aliphatic rings. The number of carbonyl (C=O) groups is 1. The highest BCUT2D eigenvalue weighted by Crippen LogP contribution is 2.31. The van der Waals surface area contributed by atoms with E-state index in [-0.39, 0.29) is 5.56 Å². The van der Waals surface area contributed by atoms with E-state index in [9.17, 15) is 4.79 Å². The summed E-state index contributed by atoms with van der Waals surface area (Å²) in [6.07, 6.45) is 6.13. The summed E-state index contributed by atoms with van der Waals surface area (Å²) < 4.78 is 0. The van der Waals surface area contributed by atoms with Crippen LogP contribution in [-0.2, 0) is 0 Å². The second-order valence-corrected chi connectivity index (χ2v) is 6.69. The summed E-state index contributed by atoms with van der Waals surface area (Å²) in [6, 6.07) is 5.89. The number of halogens is 1. The van der Waals surface area contributed by atoms with Gasteiger partial charge in [0.1, 0.15) is 0 Å². The van der Waals surface area contributed by atoms with Crippen LogP contribution >= 0.6 is 11.6 Å². The minimum atomic E-state index is -0.971. The molecule has 1 aromatic rings. The molecule has 0 bridgehead atoms. The van der Waals surface area contributed by atoms with E-state index in [2.05, 4.69) is 18.7 Å². The predicted molar refractivity (Wildman–Crippen MR) is 87.5 cm³/mol. The summed E-state index contributed by atoms with van der Waals surface area (Å²) in [5, 5.41) is 9.41. The van der Waals surface area contributed by atoms with Gasteiger partial charge in [0.15, 0.2) is 0 Å². The number of hydrogen-bond acceptors (Lipinski definition) is 2. The average Bonchev–Trinajstić information content (AvgIpc) is 2.92. The smallest absolute Gasteiger partial charge is 0.337 e. The molecule has 1 aliphatic carbocycles. The minimum absolute atomic E-state index is 0.177. The third-order valence-corrected chi connectivity index (χ3v) is 4.54. The number of rotatable bonds is 6. The molecule has 0 aromatic heterocycles. The summed E-state index contributed by atoms with van der Waals surface area (Å²) in [4.78, 5) is 13.5. The van der Waals surface area contributed by atoms with Gasteiger partial charge in [0.25, 0.3) is 0 Å². The largest absolute Gasteiger partial charge is 0.478 e. The van der Waals surface area contributed by atoms with E-state index in [1.807, 2.05) is 12.1 Å². The van der Waals surface area contributed by atoms with E-state index in [1.165, 1.54) is 25.7 Å². The lowest BCUT2D eigenvalue weighted by atomic mass is 10.1. The fraction of sp³-hybridized carbons (Fsp3) is 0.588. The Balaban J connectivity index is 2.22. The normalized spacial score (nSPS) is 15.6. The van der Waals surface area contributed by atoms with Crippen molar-refractivity contribution in [1.82, 2.24) is 0 Å². The third-order valence-electron chi connectivity index (χ3n) is 4.23. The summed E-state index contributed by atoms with van der Waals surface area (Å²) in [6.45, 7) is 5.46. The maximum absolute atomic E-state index is 11.1. The van der Waals surface area contributed by atoms with Crippen LogP contribution in [0.5, 0.6) is 0 Å². The first-order valence-corrected chi connectivity index (χ1v) is 8.16. The highest BCUT2D eigenvalue weighted by molar-refractivity contribution is 6.33. The molecule has 1 saturated carbocycles. The lowest BCUT2D eigenvalue weighted by Crippen LogP contribution is -2.34. The van der Waals surface area contributed by atoms with E-state index >= 15 is 0 Å². The predicted octanol–water partition coefficient (Wildman–Crippen LogP) is 4.83. The van der Waals surface area contributed by atoms with Crippen LogP contribution in [-0.4, -0.2) is 23.7 Å². The third kappa shape index (κ3) is 4.13. The van der Waals surface area contributed by atoms with E-state index in [4.69, 9.17) is 16.7 Å². The zero-order chi connectivity index (χ0) is 15.4. The Kier molecular flexibility index (Phi) is 5.51. The van der Waals surface area contributed by atoms with Crippen LogP contribution in [0.25, 0.3) is 0 Å². The Morgan fingerprint density at radius 1 is 1.38 bits per heavy atom. The quantitative estimate of drug-likeness (QED) is 0.818. The number of aromatic carboxylic acids is 1. The van der Waals surface area contributed by atoms with Gasteiger partial charge in [-0.2, -0.15) is 0 Å². The Bertz CT molecular complexity index is 496. The second-order valence-electron chi connectivity index (χ2n) is 6.28. The highest BCUT2D eigenvalue weighted by Gasteiger charge is 2.23. The number of carboxylic acids is 1. The van der Waals surface area contributed by atoms with Crippen molar-refractivity contribution in [2.24, 2.45) is 5.92 Å². The summed E-state index contributed by atoms with van der Waals surface area (Å²) in [5.41, 5.74) is 1.23. The van der Waals surface area contributed by atoms with E-state index in [1.54, 1.807) is 6.07 Å². The van der Waals surface area contributed by atoms with Gasteiger partial charge in [-0.1, -0.05) is 38.3 Å². The zero-order valence-electron chi connectivity index (χ0n) is 12.8. The molecule has 0 spiro atoms. The molecule has 0 amide bonds. The molecule has 0 radical (unpaired) electrons. The fourth-order valence-electron chi connectivity index (χ4n) is 2.99. The summed E-state index contributed by atoms with van der Waals surface area (Å²) >= 11 is 6.13. The number of carboxylic acid groups (broad SMARTS) is 1. The van der Waals surface area contributed by atoms with Crippen LogP contribution in [0.3, 0.4) is 0 Å². The molecule has 0 unspecified atom stereocenters. The molecule has 0 saturated heterocycles. The lowest BCUT2D eigenvalue weighted by Gasteiger charge is -2.32. The molecule has 21 heavy (non-hydrogen) atoms. The van der Waals surface area contributed by atoms with Gasteiger partial charge in [0, 0.05) is 18.3 Å². The number of hydrogen-bond donors (Lipinski definition) is 1. The Labute approximate surface area is 131 Å². The molecule has 3 nitrogen and oxygen atoms in total. The first-order chi connectivity index (χ1) is 9.99. The van der Waals surface area contributed by atoms with Crippen LogP contribution < -0.4 is 4.90 Å². The van der Waals surface area contributed by atoms with Crippen molar-refractivity contribution in [3.05, 3.63) is 28.8 Å². The summed E-state index contributed by atoms with van der Waals surface area (Å²) in [5.74, 6) is -0.316. The zero-order valence-corrected chi connectivity index (χ0v) is 13.6. The van der Waals surface area contributed by atoms with E-state index in [0.717, 1.165) is 18.7 Å². The van der Waals surface area contributed by atoms with Crippen LogP contribution in [0, 0.1) is 5.92 Å². The molecule has 116 valence electrons. The van der Waals surface area contributed by atoms with Gasteiger partial charge in [-0.3, -0.25) is 0 Å². The number of anilines is 1. The molecular formula is C17H24ClNO2. The molecule has 1 aromatic carbocycles. The van der Waals surface area contributed by atoms with Gasteiger partial charge in [-0.25, -0.2) is 4.79 Å². The molecule has 2 rings (SSSR count). The molecule has 1 fully saturated rings. The van der Waals surface area contributed by atoms with Gasteiger partial charge in [-0.05, 0) is 43.4 Å². The maximum Gasteiger partial charge on any atom is 0.337 e. The van der Waals surface area contributed by atoms with Gasteiger partial charge >= 0.3 is 5.97 Å². The molecule has 0 heterocycles. The van der Waals surface area contributed by atoms with Crippen LogP contribution in [0.1, 0.15) is 56.3 Å². The minimum Gasteiger partial charge on any atom is -0.478 e. The fourth-order valence-corrected chi connectivity index (χ4v) is 3.25. The lowest BCUT2D eigenvalue weighted by molar-refractivity contribution is 0.0697. The molecule has 1 N–H and O–H groups in total. The monoisotopic (exact) mass is 309 g/mol. The van der Waals surface area contributed by atoms with Crippen molar-refractivity contribution >= 4 is 23.3 Å². The Hall–Kier alpha value is -1.22.